The molecule has 7 heteroatoms. The third kappa shape index (κ3) is 13.6. The molecule has 196 valence electrons. The molecule has 0 spiro atoms. The molecule has 1 aliphatic heterocycles. The van der Waals surface area contributed by atoms with Crippen molar-refractivity contribution in [1.82, 2.24) is 0 Å². The van der Waals surface area contributed by atoms with Crippen LogP contribution in [-0.2, 0) is 27.8 Å². The fourth-order valence-corrected chi connectivity index (χ4v) is 9.12. The minimum atomic E-state index is -2.32. The van der Waals surface area contributed by atoms with Gasteiger partial charge in [0.25, 0.3) is 0 Å². The Hall–Kier alpha value is -0.0231. The summed E-state index contributed by atoms with van der Waals surface area (Å²) >= 11 is 0. The normalized spacial score (nSPS) is 23.2. The van der Waals surface area contributed by atoms with Crippen molar-refractivity contribution >= 4 is 8.56 Å². The number of rotatable bonds is 10. The molecule has 1 heterocycles. The summed E-state index contributed by atoms with van der Waals surface area (Å²) in [5.41, 5.74) is 0.601. The van der Waals surface area contributed by atoms with Crippen LogP contribution in [0.2, 0.25) is 11.6 Å². The Balaban J connectivity index is 1.88. The molecule has 2 rings (SSSR count). The molecule has 0 N–H and O–H groups in total. The van der Waals surface area contributed by atoms with E-state index in [1.165, 1.54) is 83.5 Å². The number of unbranched alkanes of at least 4 members (excludes halogenated alkanes) is 7. The summed E-state index contributed by atoms with van der Waals surface area (Å²) in [6.45, 7) is 8.35. The molecule has 0 bridgehead atoms. The van der Waals surface area contributed by atoms with Crippen molar-refractivity contribution in [3.63, 3.8) is 0 Å². The zero-order chi connectivity index (χ0) is 23.3. The molecule has 0 atom stereocenters. The second-order valence-electron chi connectivity index (χ2n) is 9.52. The van der Waals surface area contributed by atoms with Gasteiger partial charge in [0, 0.05) is 5.54 Å². The monoisotopic (exact) mass is 488 g/mol. The molecule has 0 radical (unpaired) electrons. The predicted octanol–water partition coefficient (Wildman–Crippen LogP) is 6.02. The van der Waals surface area contributed by atoms with Gasteiger partial charge in [-0.3, -0.25) is 0 Å². The van der Waals surface area contributed by atoms with E-state index in [1.54, 1.807) is 0 Å². The van der Waals surface area contributed by atoms with E-state index in [0.717, 1.165) is 6.04 Å². The summed E-state index contributed by atoms with van der Waals surface area (Å²) in [6, 6.07) is 1.11. The highest BCUT2D eigenvalue weighted by atomic mass is 28.4. The molecule has 6 nitrogen and oxygen atoms in total. The molecule has 0 amide bonds. The average molecular weight is 489 g/mol. The van der Waals surface area contributed by atoms with Crippen LogP contribution in [0.1, 0.15) is 90.4 Å². The van der Waals surface area contributed by atoms with Gasteiger partial charge in [0.05, 0.1) is 66.1 Å². The molecular weight excluding hydrogens is 436 g/mol. The van der Waals surface area contributed by atoms with Gasteiger partial charge in [-0.25, -0.2) is 0 Å². The molecule has 0 aromatic carbocycles. The van der Waals surface area contributed by atoms with Crippen LogP contribution < -0.4 is 0 Å². The van der Waals surface area contributed by atoms with E-state index in [-0.39, 0.29) is 0 Å². The van der Waals surface area contributed by atoms with Crippen LogP contribution in [0.4, 0.5) is 0 Å². The van der Waals surface area contributed by atoms with Crippen LogP contribution in [0, 0.1) is 0 Å². The summed E-state index contributed by atoms with van der Waals surface area (Å²) in [7, 11) is -2.32. The first kappa shape index (κ1) is 29.2. The number of hydrogen-bond acceptors (Lipinski definition) is 6. The number of ether oxygens (including phenoxy) is 4. The zero-order valence-corrected chi connectivity index (χ0v) is 22.5. The second-order valence-corrected chi connectivity index (χ2v) is 13.0. The largest absolute Gasteiger partial charge is 0.392 e. The minimum Gasteiger partial charge on any atom is -0.392 e. The van der Waals surface area contributed by atoms with E-state index in [4.69, 9.17) is 27.8 Å². The quantitative estimate of drug-likeness (QED) is 0.277. The molecule has 1 saturated carbocycles. The van der Waals surface area contributed by atoms with Gasteiger partial charge >= 0.3 is 8.56 Å². The van der Waals surface area contributed by atoms with E-state index < -0.39 is 8.56 Å². The van der Waals surface area contributed by atoms with E-state index in [2.05, 4.69) is 6.92 Å². The zero-order valence-electron chi connectivity index (χ0n) is 21.5. The standard InChI is InChI=1S/C26H52O6Si/c1-2-3-4-5-6-7-8-12-25-33(26-13-10-9-11-14-26)31-23-21-29-19-17-27-15-16-28-18-20-30-22-24-32-33/h26H,2-25H2,1H3. The highest BCUT2D eigenvalue weighted by Crippen LogP contribution is 2.41. The van der Waals surface area contributed by atoms with E-state index in [1.807, 2.05) is 0 Å². The van der Waals surface area contributed by atoms with Gasteiger partial charge in [-0.05, 0) is 18.9 Å². The first-order valence-corrected chi connectivity index (χ1v) is 16.1. The van der Waals surface area contributed by atoms with Gasteiger partial charge in [0.15, 0.2) is 0 Å². The highest BCUT2D eigenvalue weighted by molar-refractivity contribution is 6.69. The summed E-state index contributed by atoms with van der Waals surface area (Å²) < 4.78 is 36.1. The Kier molecular flexibility index (Phi) is 17.9. The average Bonchev–Trinajstić information content (AvgIpc) is 2.85. The van der Waals surface area contributed by atoms with Gasteiger partial charge < -0.3 is 27.8 Å². The molecule has 2 fully saturated rings. The van der Waals surface area contributed by atoms with Gasteiger partial charge in [0.2, 0.25) is 0 Å². The van der Waals surface area contributed by atoms with Gasteiger partial charge in [-0.1, -0.05) is 77.6 Å². The fraction of sp³-hybridized carbons (Fsp3) is 1.00. The van der Waals surface area contributed by atoms with E-state index in [9.17, 15) is 0 Å². The van der Waals surface area contributed by atoms with Crippen LogP contribution in [0.25, 0.3) is 0 Å². The molecule has 1 saturated heterocycles. The lowest BCUT2D eigenvalue weighted by Crippen LogP contribution is -2.49. The Morgan fingerprint density at radius 2 is 0.939 bits per heavy atom. The Morgan fingerprint density at radius 1 is 0.515 bits per heavy atom. The second kappa shape index (κ2) is 20.2. The summed E-state index contributed by atoms with van der Waals surface area (Å²) in [6.07, 6.45) is 17.2. The van der Waals surface area contributed by atoms with Crippen molar-refractivity contribution in [2.75, 3.05) is 66.1 Å². The Labute approximate surface area is 204 Å². The van der Waals surface area contributed by atoms with Crippen LogP contribution in [0.3, 0.4) is 0 Å². The maximum absolute atomic E-state index is 6.72. The Morgan fingerprint density at radius 3 is 1.42 bits per heavy atom. The maximum atomic E-state index is 6.72. The molecule has 2 aliphatic rings. The summed E-state index contributed by atoms with van der Waals surface area (Å²) in [5.74, 6) is 0. The van der Waals surface area contributed by atoms with Gasteiger partial charge in [-0.2, -0.15) is 0 Å². The lowest BCUT2D eigenvalue weighted by molar-refractivity contribution is -0.00426. The minimum absolute atomic E-state index is 0.597. The maximum Gasteiger partial charge on any atom is 0.341 e. The SMILES string of the molecule is CCCCCCCCCC[Si]1(C2CCCCC2)OCCOCCOCCOCCOCCO1. The molecule has 0 aromatic rings. The van der Waals surface area contributed by atoms with Crippen molar-refractivity contribution in [3.05, 3.63) is 0 Å². The lowest BCUT2D eigenvalue weighted by Gasteiger charge is -2.39. The van der Waals surface area contributed by atoms with Crippen LogP contribution in [0.5, 0.6) is 0 Å². The summed E-state index contributed by atoms with van der Waals surface area (Å²) in [4.78, 5) is 0. The van der Waals surface area contributed by atoms with Crippen molar-refractivity contribution in [3.8, 4) is 0 Å². The van der Waals surface area contributed by atoms with Crippen LogP contribution >= 0.6 is 0 Å². The smallest absolute Gasteiger partial charge is 0.341 e. The highest BCUT2D eigenvalue weighted by Gasteiger charge is 2.45. The third-order valence-corrected chi connectivity index (χ3v) is 11.1. The molecular formula is C26H52O6Si. The van der Waals surface area contributed by atoms with Crippen molar-refractivity contribution in [1.29, 1.82) is 0 Å². The Bertz CT molecular complexity index is 415. The van der Waals surface area contributed by atoms with Crippen LogP contribution in [-0.4, -0.2) is 74.6 Å². The summed E-state index contributed by atoms with van der Waals surface area (Å²) in [5, 5.41) is 0. The van der Waals surface area contributed by atoms with Crippen molar-refractivity contribution in [2.45, 2.75) is 102 Å². The van der Waals surface area contributed by atoms with Gasteiger partial charge in [-0.15, -0.1) is 0 Å². The molecule has 0 unspecified atom stereocenters. The first-order valence-electron chi connectivity index (χ1n) is 14.0. The van der Waals surface area contributed by atoms with Crippen LogP contribution in [0.15, 0.2) is 0 Å². The van der Waals surface area contributed by atoms with Crippen molar-refractivity contribution in [2.24, 2.45) is 0 Å². The molecule has 33 heavy (non-hydrogen) atoms. The predicted molar refractivity (Wildman–Crippen MR) is 135 cm³/mol. The fourth-order valence-electron chi connectivity index (χ4n) is 4.98. The third-order valence-electron chi connectivity index (χ3n) is 6.87. The number of hydrogen-bond donors (Lipinski definition) is 0. The first-order chi connectivity index (χ1) is 16.4. The molecule has 0 aromatic heterocycles. The van der Waals surface area contributed by atoms with Gasteiger partial charge in [0.1, 0.15) is 0 Å². The van der Waals surface area contributed by atoms with E-state index in [0.29, 0.717) is 71.6 Å². The van der Waals surface area contributed by atoms with Crippen molar-refractivity contribution < 1.29 is 27.8 Å². The molecule has 1 aliphatic carbocycles. The topological polar surface area (TPSA) is 55.4 Å². The van der Waals surface area contributed by atoms with E-state index >= 15 is 0 Å². The lowest BCUT2D eigenvalue weighted by atomic mass is 10.0.